The summed E-state index contributed by atoms with van der Waals surface area (Å²) in [6, 6.07) is 7.81. The number of hydrogen-bond acceptors (Lipinski definition) is 3. The van der Waals surface area contributed by atoms with Crippen molar-refractivity contribution in [2.45, 2.75) is 24.3 Å². The van der Waals surface area contributed by atoms with Gasteiger partial charge in [-0.2, -0.15) is 0 Å². The van der Waals surface area contributed by atoms with Crippen LogP contribution in [0.1, 0.15) is 13.3 Å². The maximum absolute atomic E-state index is 12.2. The number of ether oxygens (including phenoxy) is 1. The summed E-state index contributed by atoms with van der Waals surface area (Å²) < 4.78 is 5.58. The average Bonchev–Trinajstić information content (AvgIpc) is 2.47. The zero-order chi connectivity index (χ0) is 13.7. The molecule has 0 aliphatic carbocycles. The third-order valence-corrected chi connectivity index (χ3v) is 4.03. The summed E-state index contributed by atoms with van der Waals surface area (Å²) in [4.78, 5) is 15.2. The van der Waals surface area contributed by atoms with E-state index in [1.165, 1.54) is 0 Å². The van der Waals surface area contributed by atoms with Gasteiger partial charge < -0.3 is 15.0 Å². The molecule has 1 heterocycles. The van der Waals surface area contributed by atoms with Gasteiger partial charge in [0.05, 0.1) is 18.4 Å². The minimum absolute atomic E-state index is 0.0387. The summed E-state index contributed by atoms with van der Waals surface area (Å²) in [7, 11) is 0. The van der Waals surface area contributed by atoms with Crippen LogP contribution in [0.15, 0.2) is 29.2 Å². The fraction of sp³-hybridized carbons (Fsp3) is 0.500. The van der Waals surface area contributed by atoms with Crippen LogP contribution in [0.4, 0.5) is 10.5 Å². The first-order valence-electron chi connectivity index (χ1n) is 6.55. The van der Waals surface area contributed by atoms with Crippen LogP contribution in [0.25, 0.3) is 0 Å². The van der Waals surface area contributed by atoms with Crippen molar-refractivity contribution in [3.05, 3.63) is 24.3 Å². The van der Waals surface area contributed by atoms with E-state index in [9.17, 15) is 4.79 Å². The van der Waals surface area contributed by atoms with Crippen LogP contribution in [0.5, 0.6) is 0 Å². The summed E-state index contributed by atoms with van der Waals surface area (Å²) in [6.45, 7) is 4.03. The van der Waals surface area contributed by atoms with Crippen LogP contribution in [0.3, 0.4) is 0 Å². The molecular formula is C14H20N2O2S. The van der Waals surface area contributed by atoms with Gasteiger partial charge in [0.15, 0.2) is 0 Å². The van der Waals surface area contributed by atoms with E-state index in [2.05, 4.69) is 12.2 Å². The van der Waals surface area contributed by atoms with Gasteiger partial charge in [-0.25, -0.2) is 4.79 Å². The first-order chi connectivity index (χ1) is 9.24. The molecule has 0 spiro atoms. The largest absolute Gasteiger partial charge is 0.375 e. The van der Waals surface area contributed by atoms with Crippen LogP contribution in [0.2, 0.25) is 0 Å². The van der Waals surface area contributed by atoms with Crippen molar-refractivity contribution >= 4 is 23.5 Å². The quantitative estimate of drug-likeness (QED) is 0.865. The smallest absolute Gasteiger partial charge is 0.322 e. The number of nitrogens with one attached hydrogen (secondary N) is 1. The fourth-order valence-electron chi connectivity index (χ4n) is 2.09. The second-order valence-corrected chi connectivity index (χ2v) is 5.33. The molecule has 1 aromatic carbocycles. The molecule has 5 heteroatoms. The highest BCUT2D eigenvalue weighted by atomic mass is 32.2. The average molecular weight is 280 g/mol. The predicted molar refractivity (Wildman–Crippen MR) is 78.8 cm³/mol. The van der Waals surface area contributed by atoms with Crippen molar-refractivity contribution in [3.8, 4) is 0 Å². The maximum Gasteiger partial charge on any atom is 0.322 e. The highest BCUT2D eigenvalue weighted by Gasteiger charge is 2.23. The lowest BCUT2D eigenvalue weighted by Gasteiger charge is -2.32. The molecule has 19 heavy (non-hydrogen) atoms. The Kier molecular flexibility index (Phi) is 5.10. The first-order valence-corrected chi connectivity index (χ1v) is 7.77. The van der Waals surface area contributed by atoms with Crippen LogP contribution < -0.4 is 5.32 Å². The molecular weight excluding hydrogens is 260 g/mol. The minimum atomic E-state index is -0.0387. The van der Waals surface area contributed by atoms with Crippen molar-refractivity contribution in [3.63, 3.8) is 0 Å². The number of benzene rings is 1. The van der Waals surface area contributed by atoms with Crippen LogP contribution in [-0.2, 0) is 4.74 Å². The molecule has 1 fully saturated rings. The van der Waals surface area contributed by atoms with Crippen molar-refractivity contribution in [2.75, 3.05) is 31.3 Å². The van der Waals surface area contributed by atoms with Crippen molar-refractivity contribution in [2.24, 2.45) is 0 Å². The second-order valence-electron chi connectivity index (χ2n) is 4.48. The zero-order valence-electron chi connectivity index (χ0n) is 11.4. The molecule has 0 aromatic heterocycles. The zero-order valence-corrected chi connectivity index (χ0v) is 12.2. The molecule has 0 radical (unpaired) electrons. The number of hydrogen-bond donors (Lipinski definition) is 1. The topological polar surface area (TPSA) is 41.6 Å². The minimum Gasteiger partial charge on any atom is -0.375 e. The van der Waals surface area contributed by atoms with Gasteiger partial charge in [-0.05, 0) is 24.8 Å². The standard InChI is InChI=1S/C14H20N2O2S/c1-3-11-10-16(8-9-18-11)14(17)15-12-6-4-5-7-13(12)19-2/h4-7,11H,3,8-10H2,1-2H3,(H,15,17). The molecule has 4 nitrogen and oxygen atoms in total. The lowest BCUT2D eigenvalue weighted by molar-refractivity contribution is -0.0134. The normalized spacial score (nSPS) is 19.3. The summed E-state index contributed by atoms with van der Waals surface area (Å²) in [5.74, 6) is 0. The SMILES string of the molecule is CCC1CN(C(=O)Nc2ccccc2SC)CCO1. The van der Waals surface area contributed by atoms with E-state index in [4.69, 9.17) is 4.74 Å². The van der Waals surface area contributed by atoms with Gasteiger partial charge in [0.25, 0.3) is 0 Å². The summed E-state index contributed by atoms with van der Waals surface area (Å²) in [5.41, 5.74) is 0.875. The Hall–Kier alpha value is -1.20. The molecule has 1 aromatic rings. The summed E-state index contributed by atoms with van der Waals surface area (Å²) in [5, 5.41) is 2.99. The molecule has 1 aliphatic heterocycles. The Labute approximate surface area is 118 Å². The molecule has 0 saturated carbocycles. The van der Waals surface area contributed by atoms with E-state index in [0.717, 1.165) is 17.0 Å². The van der Waals surface area contributed by atoms with Gasteiger partial charge in [-0.1, -0.05) is 19.1 Å². The number of carbonyl (C=O) groups is 1. The van der Waals surface area contributed by atoms with E-state index in [0.29, 0.717) is 19.7 Å². The van der Waals surface area contributed by atoms with Gasteiger partial charge >= 0.3 is 6.03 Å². The molecule has 1 N–H and O–H groups in total. The highest BCUT2D eigenvalue weighted by molar-refractivity contribution is 7.98. The summed E-state index contributed by atoms with van der Waals surface area (Å²) >= 11 is 1.63. The number of para-hydroxylation sites is 1. The van der Waals surface area contributed by atoms with E-state index >= 15 is 0 Å². The molecule has 1 unspecified atom stereocenters. The Morgan fingerprint density at radius 2 is 2.32 bits per heavy atom. The molecule has 1 saturated heterocycles. The first kappa shape index (κ1) is 14.2. The van der Waals surface area contributed by atoms with Crippen molar-refractivity contribution in [1.82, 2.24) is 4.90 Å². The molecule has 0 bridgehead atoms. The highest BCUT2D eigenvalue weighted by Crippen LogP contribution is 2.25. The maximum atomic E-state index is 12.2. The molecule has 2 rings (SSSR count). The van der Waals surface area contributed by atoms with Crippen LogP contribution in [-0.4, -0.2) is 43.0 Å². The van der Waals surface area contributed by atoms with E-state index in [1.807, 2.05) is 35.4 Å². The van der Waals surface area contributed by atoms with E-state index < -0.39 is 0 Å². The third kappa shape index (κ3) is 3.64. The Bertz CT molecular complexity index is 439. The van der Waals surface area contributed by atoms with Gasteiger partial charge in [0, 0.05) is 18.0 Å². The number of rotatable bonds is 3. The Morgan fingerprint density at radius 3 is 3.05 bits per heavy atom. The number of urea groups is 1. The van der Waals surface area contributed by atoms with E-state index in [1.54, 1.807) is 11.8 Å². The molecule has 1 atom stereocenters. The number of amides is 2. The van der Waals surface area contributed by atoms with E-state index in [-0.39, 0.29) is 12.1 Å². The summed E-state index contributed by atoms with van der Waals surface area (Å²) in [6.07, 6.45) is 3.10. The fourth-order valence-corrected chi connectivity index (χ4v) is 2.65. The monoisotopic (exact) mass is 280 g/mol. The number of thioether (sulfide) groups is 1. The van der Waals surface area contributed by atoms with Crippen LogP contribution >= 0.6 is 11.8 Å². The number of morpholine rings is 1. The molecule has 104 valence electrons. The molecule has 1 aliphatic rings. The van der Waals surface area contributed by atoms with Crippen molar-refractivity contribution < 1.29 is 9.53 Å². The lowest BCUT2D eigenvalue weighted by atomic mass is 10.2. The van der Waals surface area contributed by atoms with Gasteiger partial charge in [-0.15, -0.1) is 11.8 Å². The predicted octanol–water partition coefficient (Wildman–Crippen LogP) is 3.05. The van der Waals surface area contributed by atoms with Crippen LogP contribution in [0, 0.1) is 0 Å². The van der Waals surface area contributed by atoms with Gasteiger partial charge in [0.2, 0.25) is 0 Å². The number of carbonyl (C=O) groups excluding carboxylic acids is 1. The number of nitrogens with zero attached hydrogens (tertiary/aromatic N) is 1. The van der Waals surface area contributed by atoms with Gasteiger partial charge in [-0.3, -0.25) is 0 Å². The third-order valence-electron chi connectivity index (χ3n) is 3.23. The Morgan fingerprint density at radius 1 is 1.53 bits per heavy atom. The second kappa shape index (κ2) is 6.82. The molecule has 2 amide bonds. The lowest BCUT2D eigenvalue weighted by Crippen LogP contribution is -2.47. The van der Waals surface area contributed by atoms with Gasteiger partial charge in [0.1, 0.15) is 0 Å². The van der Waals surface area contributed by atoms with Crippen molar-refractivity contribution in [1.29, 1.82) is 0 Å². The Balaban J connectivity index is 2.00. The number of anilines is 1.